The minimum Gasteiger partial charge on any atom is -0.0622 e. The third kappa shape index (κ3) is 4.02. The van der Waals surface area contributed by atoms with Crippen LogP contribution in [0, 0.1) is 24.3 Å². The molecule has 0 saturated carbocycles. The van der Waals surface area contributed by atoms with Gasteiger partial charge in [0.1, 0.15) is 0 Å². The molecule has 1 unspecified atom stereocenters. The van der Waals surface area contributed by atoms with Crippen LogP contribution < -0.4 is 0 Å². The minimum atomic E-state index is 0.193. The lowest BCUT2D eigenvalue weighted by Gasteiger charge is -2.25. The fourth-order valence-corrected chi connectivity index (χ4v) is 4.96. The van der Waals surface area contributed by atoms with Gasteiger partial charge in [-0.1, -0.05) is 90.5 Å². The Morgan fingerprint density at radius 3 is 1.97 bits per heavy atom. The first kappa shape index (κ1) is 19.9. The Morgan fingerprint density at radius 2 is 1.28 bits per heavy atom. The van der Waals surface area contributed by atoms with Crippen LogP contribution in [-0.4, -0.2) is 0 Å². The van der Waals surface area contributed by atoms with Crippen molar-refractivity contribution in [2.24, 2.45) is 0 Å². The summed E-state index contributed by atoms with van der Waals surface area (Å²) in [5, 5.41) is 0. The highest BCUT2D eigenvalue weighted by atomic mass is 127. The molecule has 0 aromatic heterocycles. The maximum Gasteiger partial charge on any atom is 0.0356 e. The Kier molecular flexibility index (Phi) is 5.86. The van der Waals surface area contributed by atoms with E-state index in [0.29, 0.717) is 0 Å². The van der Waals surface area contributed by atoms with E-state index in [0.717, 1.165) is 0 Å². The summed E-state index contributed by atoms with van der Waals surface area (Å²) in [7, 11) is 0. The highest BCUT2D eigenvalue weighted by molar-refractivity contribution is 14.1. The quantitative estimate of drug-likeness (QED) is 0.201. The summed E-state index contributed by atoms with van der Waals surface area (Å²) in [4.78, 5) is 0. The van der Waals surface area contributed by atoms with Crippen molar-refractivity contribution in [2.45, 2.75) is 26.7 Å². The molecule has 0 radical (unpaired) electrons. The van der Waals surface area contributed by atoms with Crippen LogP contribution in [0.25, 0.3) is 11.1 Å². The fraction of sp³-hybridized carbons (Fsp3) is 0.143. The molecule has 0 aliphatic carbocycles. The van der Waals surface area contributed by atoms with Gasteiger partial charge in [-0.05, 0) is 88.4 Å². The first-order valence-electron chi connectivity index (χ1n) is 10.0. The van der Waals surface area contributed by atoms with E-state index in [1.807, 2.05) is 0 Å². The molecule has 0 heterocycles. The van der Waals surface area contributed by atoms with E-state index in [9.17, 15) is 0 Å². The molecular formula is C28H25I. The summed E-state index contributed by atoms with van der Waals surface area (Å²) in [5.74, 6) is 0.193. The van der Waals surface area contributed by atoms with Crippen LogP contribution in [-0.2, 0) is 0 Å². The summed E-state index contributed by atoms with van der Waals surface area (Å²) in [6.07, 6.45) is 0. The van der Waals surface area contributed by atoms with Gasteiger partial charge in [-0.3, -0.25) is 0 Å². The molecule has 0 spiro atoms. The van der Waals surface area contributed by atoms with Crippen LogP contribution in [0.1, 0.15) is 39.3 Å². The van der Waals surface area contributed by atoms with Crippen LogP contribution in [0.5, 0.6) is 0 Å². The first-order chi connectivity index (χ1) is 14.1. The lowest BCUT2D eigenvalue weighted by molar-refractivity contribution is 0.969. The summed E-state index contributed by atoms with van der Waals surface area (Å²) in [6.45, 7) is 6.63. The largest absolute Gasteiger partial charge is 0.0622 e. The lowest BCUT2D eigenvalue weighted by atomic mass is 9.79. The summed E-state index contributed by atoms with van der Waals surface area (Å²) < 4.78 is 1.30. The van der Waals surface area contributed by atoms with E-state index < -0.39 is 0 Å². The summed E-state index contributed by atoms with van der Waals surface area (Å²) in [5.41, 5.74) is 10.7. The van der Waals surface area contributed by atoms with E-state index in [1.54, 1.807) is 0 Å². The SMILES string of the molecule is Cc1ccc(C(c2ccccc2)c2ccccc2I)c(-c2c(C)cccc2C)c1. The third-order valence-corrected chi connectivity index (χ3v) is 6.60. The second-order valence-corrected chi connectivity index (χ2v) is 8.88. The molecular weight excluding hydrogens is 463 g/mol. The zero-order chi connectivity index (χ0) is 20.4. The molecule has 0 fully saturated rings. The van der Waals surface area contributed by atoms with Crippen molar-refractivity contribution < 1.29 is 0 Å². The molecule has 1 atom stereocenters. The number of hydrogen-bond acceptors (Lipinski definition) is 0. The van der Waals surface area contributed by atoms with Crippen molar-refractivity contribution in [1.29, 1.82) is 0 Å². The van der Waals surface area contributed by atoms with Gasteiger partial charge in [-0.25, -0.2) is 0 Å². The molecule has 0 aliphatic rings. The van der Waals surface area contributed by atoms with Crippen molar-refractivity contribution in [3.8, 4) is 11.1 Å². The van der Waals surface area contributed by atoms with E-state index in [-0.39, 0.29) is 5.92 Å². The van der Waals surface area contributed by atoms with E-state index in [2.05, 4.69) is 134 Å². The molecule has 29 heavy (non-hydrogen) atoms. The Balaban J connectivity index is 2.04. The van der Waals surface area contributed by atoms with Crippen molar-refractivity contribution in [3.05, 3.63) is 128 Å². The van der Waals surface area contributed by atoms with Crippen LogP contribution in [0.2, 0.25) is 0 Å². The topological polar surface area (TPSA) is 0 Å². The Morgan fingerprint density at radius 1 is 0.621 bits per heavy atom. The molecule has 0 bridgehead atoms. The second-order valence-electron chi connectivity index (χ2n) is 7.72. The molecule has 0 nitrogen and oxygen atoms in total. The average Bonchev–Trinajstić information content (AvgIpc) is 2.72. The van der Waals surface area contributed by atoms with E-state index >= 15 is 0 Å². The van der Waals surface area contributed by atoms with E-state index in [4.69, 9.17) is 0 Å². The molecule has 4 aromatic carbocycles. The number of rotatable bonds is 4. The highest BCUT2D eigenvalue weighted by Crippen LogP contribution is 2.41. The Labute approximate surface area is 187 Å². The van der Waals surface area contributed by atoms with Crippen molar-refractivity contribution in [1.82, 2.24) is 0 Å². The number of aryl methyl sites for hydroxylation is 3. The predicted octanol–water partition coefficient (Wildman–Crippen LogP) is 8.06. The van der Waals surface area contributed by atoms with E-state index in [1.165, 1.54) is 48.1 Å². The zero-order valence-corrected chi connectivity index (χ0v) is 19.3. The van der Waals surface area contributed by atoms with Crippen LogP contribution in [0.3, 0.4) is 0 Å². The molecule has 0 amide bonds. The number of hydrogen-bond donors (Lipinski definition) is 0. The third-order valence-electron chi connectivity index (χ3n) is 5.62. The van der Waals surface area contributed by atoms with Crippen molar-refractivity contribution in [3.63, 3.8) is 0 Å². The van der Waals surface area contributed by atoms with Gasteiger partial charge in [-0.2, -0.15) is 0 Å². The highest BCUT2D eigenvalue weighted by Gasteiger charge is 2.23. The molecule has 4 aromatic rings. The van der Waals surface area contributed by atoms with Gasteiger partial charge in [0.05, 0.1) is 0 Å². The van der Waals surface area contributed by atoms with Crippen LogP contribution in [0.4, 0.5) is 0 Å². The second kappa shape index (κ2) is 8.54. The van der Waals surface area contributed by atoms with Gasteiger partial charge in [0, 0.05) is 9.49 Å². The lowest BCUT2D eigenvalue weighted by Crippen LogP contribution is -2.08. The number of halogens is 1. The first-order valence-corrected chi connectivity index (χ1v) is 11.1. The Bertz CT molecular complexity index is 1120. The van der Waals surface area contributed by atoms with Crippen LogP contribution in [0.15, 0.2) is 91.0 Å². The fourth-order valence-electron chi connectivity index (χ4n) is 4.26. The normalized spacial score (nSPS) is 12.0. The summed E-state index contributed by atoms with van der Waals surface area (Å²) >= 11 is 2.48. The zero-order valence-electron chi connectivity index (χ0n) is 17.1. The van der Waals surface area contributed by atoms with Gasteiger partial charge in [0.25, 0.3) is 0 Å². The molecule has 0 aliphatic heterocycles. The Hall–Kier alpha value is -2.39. The van der Waals surface area contributed by atoms with Crippen LogP contribution >= 0.6 is 22.6 Å². The number of benzene rings is 4. The smallest absolute Gasteiger partial charge is 0.0356 e. The molecule has 0 N–H and O–H groups in total. The maximum atomic E-state index is 2.48. The monoisotopic (exact) mass is 488 g/mol. The standard InChI is InChI=1S/C28H25I/c1-19-16-17-23(25(18-19)27-20(2)10-9-11-21(27)3)28(22-12-5-4-6-13-22)24-14-7-8-15-26(24)29/h4-18,28H,1-3H3. The predicted molar refractivity (Wildman–Crippen MR) is 133 cm³/mol. The minimum absolute atomic E-state index is 0.193. The van der Waals surface area contributed by atoms with Gasteiger partial charge in [0.2, 0.25) is 0 Å². The molecule has 4 rings (SSSR count). The van der Waals surface area contributed by atoms with Gasteiger partial charge in [0.15, 0.2) is 0 Å². The van der Waals surface area contributed by atoms with Gasteiger partial charge >= 0.3 is 0 Å². The average molecular weight is 488 g/mol. The summed E-state index contributed by atoms with van der Waals surface area (Å²) in [6, 6.07) is 33.2. The van der Waals surface area contributed by atoms with Gasteiger partial charge in [-0.15, -0.1) is 0 Å². The van der Waals surface area contributed by atoms with Crippen molar-refractivity contribution >= 4 is 22.6 Å². The molecule has 0 saturated heterocycles. The molecule has 144 valence electrons. The maximum absolute atomic E-state index is 2.48. The molecule has 1 heteroatoms. The van der Waals surface area contributed by atoms with Crippen molar-refractivity contribution in [2.75, 3.05) is 0 Å². The van der Waals surface area contributed by atoms with Gasteiger partial charge < -0.3 is 0 Å².